The van der Waals surface area contributed by atoms with Crippen molar-refractivity contribution in [2.75, 3.05) is 23.4 Å². The number of fused-ring (bicyclic) bond motifs is 2. The van der Waals surface area contributed by atoms with Gasteiger partial charge in [-0.25, -0.2) is 9.97 Å². The average Bonchev–Trinajstić information content (AvgIpc) is 3.84. The SMILES string of the molecule is Cl.N#CCCCBr.N#CCCCOc1ccc2cc(-c3ccccc3Cl)n(Cc3cccc(N)n3)c2c1.Nc1cccc(Cn2c(-c3ccccc3Cl)cc3ccc(O)cc32)n1.O=CO[O-].[Cs+].[Cs+].[H-]. The Kier molecular flexibility index (Phi) is 29.9. The number of unbranched alkanes of at least 4 members (excludes halogenated alkanes) is 2. The second-order valence-electron chi connectivity index (χ2n) is 14.0. The van der Waals surface area contributed by atoms with Crippen LogP contribution in [0.2, 0.25) is 10.0 Å². The van der Waals surface area contributed by atoms with Gasteiger partial charge in [-0.05, 0) is 85.6 Å². The van der Waals surface area contributed by atoms with Gasteiger partial charge < -0.3 is 42.0 Å². The van der Waals surface area contributed by atoms with E-state index in [0.29, 0.717) is 60.6 Å². The molecule has 19 heteroatoms. The van der Waals surface area contributed by atoms with Crippen LogP contribution < -0.4 is 159 Å². The molecule has 0 atom stereocenters. The number of ether oxygens (including phenoxy) is 1. The Bertz CT molecular complexity index is 2940. The van der Waals surface area contributed by atoms with Crippen molar-refractivity contribution in [2.45, 2.75) is 38.8 Å². The molecule has 342 valence electrons. The molecule has 0 spiro atoms. The summed E-state index contributed by atoms with van der Waals surface area (Å²) < 4.78 is 10.1. The minimum Gasteiger partial charge on any atom is -1.00 e. The number of aromatic hydroxyl groups is 1. The number of phenols is 1. The summed E-state index contributed by atoms with van der Waals surface area (Å²) in [6.07, 6.45) is 2.83. The maximum atomic E-state index is 9.92. The summed E-state index contributed by atoms with van der Waals surface area (Å²) in [6, 6.07) is 46.5. The zero-order valence-corrected chi connectivity index (χ0v) is 53.9. The third kappa shape index (κ3) is 18.5. The Morgan fingerprint density at radius 2 is 1.18 bits per heavy atom. The van der Waals surface area contributed by atoms with E-state index in [-0.39, 0.29) is 164 Å². The molecule has 0 amide bonds. The van der Waals surface area contributed by atoms with Crippen molar-refractivity contribution in [1.82, 2.24) is 19.1 Å². The Hall–Kier alpha value is -2.68. The van der Waals surface area contributed by atoms with E-state index in [9.17, 15) is 5.11 Å². The molecular formula is C49H46BrCl3Cs2N8O5. The van der Waals surface area contributed by atoms with E-state index in [4.69, 9.17) is 60.0 Å². The van der Waals surface area contributed by atoms with Gasteiger partial charge in [0.25, 0.3) is 6.47 Å². The molecule has 0 radical (unpaired) electrons. The van der Waals surface area contributed by atoms with Crippen LogP contribution in [-0.4, -0.2) is 42.6 Å². The molecule has 4 heterocycles. The molecule has 0 saturated heterocycles. The first-order valence-electron chi connectivity index (χ1n) is 20.1. The number of aromatic nitrogens is 4. The number of nitrogens with two attached hydrogens (primary N) is 2. The van der Waals surface area contributed by atoms with Crippen molar-refractivity contribution in [3.05, 3.63) is 155 Å². The number of hydrogen-bond acceptors (Lipinski definition) is 11. The van der Waals surface area contributed by atoms with Crippen LogP contribution in [0.3, 0.4) is 0 Å². The average molecular weight is 1280 g/mol. The third-order valence-corrected chi connectivity index (χ3v) is 10.7. The van der Waals surface area contributed by atoms with Gasteiger partial charge in [-0.3, -0.25) is 4.79 Å². The molecule has 0 saturated carbocycles. The number of carbonyl (C=O) groups excluding carboxylic acids is 1. The van der Waals surface area contributed by atoms with Gasteiger partial charge in [-0.15, -0.1) is 12.4 Å². The predicted octanol–water partition coefficient (Wildman–Crippen LogP) is 5.02. The van der Waals surface area contributed by atoms with Crippen molar-refractivity contribution >= 4 is 91.5 Å². The molecule has 8 aromatic rings. The van der Waals surface area contributed by atoms with E-state index in [1.165, 1.54) is 0 Å². The number of carbonyl (C=O) groups is 1. The molecule has 0 aliphatic carbocycles. The summed E-state index contributed by atoms with van der Waals surface area (Å²) >= 11 is 16.1. The summed E-state index contributed by atoms with van der Waals surface area (Å²) in [5.74, 6) is 1.96. The summed E-state index contributed by atoms with van der Waals surface area (Å²) in [7, 11) is 0. The second-order valence-corrected chi connectivity index (χ2v) is 15.6. The second kappa shape index (κ2) is 33.1. The smallest absolute Gasteiger partial charge is 1.00 e. The fourth-order valence-electron chi connectivity index (χ4n) is 6.68. The number of nitriles is 2. The standard InChI is InChI=1S/C24H21ClN4O.C20H16ClN3O.C4H6BrN.CH2O3.ClH.2Cs.H/c25-21-8-2-1-7-20(21)23-14-17-10-11-19(30-13-4-3-12-26)15-22(17)29(23)16-18-6-5-9-24(27)28-18;21-17-6-2-1-5-16(17)19-10-13-8-9-15(25)11-18(13)24(19)12-14-4-3-7-20(22)23-14;5-3-1-2-4-6;2-1-4-3;;;;/h1-2,5-11,14-15H,3-4,13,16H2,(H2,27,28);1-11,25H,12H2,(H2,22,23);1-3H2;1,3H;1H;;;/q;;;;;2*+1;-1/p-1. The van der Waals surface area contributed by atoms with E-state index in [1.807, 2.05) is 103 Å². The van der Waals surface area contributed by atoms with E-state index in [2.05, 4.69) is 58.1 Å². The summed E-state index contributed by atoms with van der Waals surface area (Å²) in [5.41, 5.74) is 19.2. The number of nitrogens with zero attached hydrogens (tertiary/aromatic N) is 6. The van der Waals surface area contributed by atoms with Gasteiger partial charge in [0.05, 0.1) is 65.6 Å². The molecule has 5 N–H and O–H groups in total. The van der Waals surface area contributed by atoms with Crippen LogP contribution in [0.4, 0.5) is 11.6 Å². The molecular weight excluding hydrogens is 1230 g/mol. The van der Waals surface area contributed by atoms with E-state index >= 15 is 0 Å². The molecule has 0 bridgehead atoms. The molecule has 0 aliphatic heterocycles. The van der Waals surface area contributed by atoms with Gasteiger partial charge in [0.1, 0.15) is 23.1 Å². The predicted molar refractivity (Wildman–Crippen MR) is 266 cm³/mol. The Morgan fingerprint density at radius 3 is 1.62 bits per heavy atom. The molecule has 68 heavy (non-hydrogen) atoms. The molecule has 13 nitrogen and oxygen atoms in total. The summed E-state index contributed by atoms with van der Waals surface area (Å²) in [4.78, 5) is 20.1. The molecule has 4 aromatic heterocycles. The first kappa shape index (κ1) is 61.4. The third-order valence-electron chi connectivity index (χ3n) is 9.52. The fourth-order valence-corrected chi connectivity index (χ4v) is 7.42. The van der Waals surface area contributed by atoms with Crippen LogP contribution in [0.5, 0.6) is 11.5 Å². The number of anilines is 2. The normalized spacial score (nSPS) is 9.79. The van der Waals surface area contributed by atoms with E-state index < -0.39 is 0 Å². The topological polar surface area (TPSA) is 214 Å². The number of alkyl halides is 1. The van der Waals surface area contributed by atoms with Crippen LogP contribution in [0, 0.1) is 22.7 Å². The quantitative estimate of drug-likeness (QED) is 0.0458. The van der Waals surface area contributed by atoms with Gasteiger partial charge in [0.15, 0.2) is 0 Å². The monoisotopic (exact) mass is 1280 g/mol. The van der Waals surface area contributed by atoms with Gasteiger partial charge >= 0.3 is 138 Å². The molecule has 0 unspecified atom stereocenters. The molecule has 0 aliphatic rings. The Balaban J connectivity index is 0.000000555. The summed E-state index contributed by atoms with van der Waals surface area (Å²) in [6.45, 7) is 1.40. The maximum Gasteiger partial charge on any atom is 1.00 e. The van der Waals surface area contributed by atoms with Crippen LogP contribution in [0.25, 0.3) is 44.3 Å². The Labute approximate surface area is 538 Å². The molecule has 8 rings (SSSR count). The number of phenolic OH excluding ortho intramolecular Hbond substituents is 1. The van der Waals surface area contributed by atoms with Crippen LogP contribution >= 0.6 is 51.5 Å². The first-order valence-corrected chi connectivity index (χ1v) is 22.0. The molecule has 0 fully saturated rings. The minimum absolute atomic E-state index is 0. The van der Waals surface area contributed by atoms with E-state index in [0.717, 1.165) is 73.2 Å². The van der Waals surface area contributed by atoms with Crippen LogP contribution in [0.1, 0.15) is 38.5 Å². The van der Waals surface area contributed by atoms with E-state index in [1.54, 1.807) is 24.3 Å². The fraction of sp³-hybridized carbons (Fsp3) is 0.163. The molecule has 4 aromatic carbocycles. The van der Waals surface area contributed by atoms with Gasteiger partial charge in [0.2, 0.25) is 0 Å². The van der Waals surface area contributed by atoms with Gasteiger partial charge in [-0.1, -0.05) is 87.7 Å². The number of pyridine rings is 2. The van der Waals surface area contributed by atoms with Crippen LogP contribution in [-0.2, 0) is 22.8 Å². The first-order chi connectivity index (χ1) is 31.6. The van der Waals surface area contributed by atoms with Crippen molar-refractivity contribution in [3.8, 4) is 46.2 Å². The number of halogens is 4. The van der Waals surface area contributed by atoms with Crippen molar-refractivity contribution < 1.29 is 164 Å². The van der Waals surface area contributed by atoms with Crippen molar-refractivity contribution in [3.63, 3.8) is 0 Å². The minimum atomic E-state index is -0.181. The van der Waals surface area contributed by atoms with Crippen LogP contribution in [0.15, 0.2) is 133 Å². The zero-order valence-electron chi connectivity index (χ0n) is 38.4. The largest absolute Gasteiger partial charge is 1.00 e. The number of benzene rings is 4. The van der Waals surface area contributed by atoms with Gasteiger partial charge in [0, 0.05) is 62.2 Å². The summed E-state index contributed by atoms with van der Waals surface area (Å²) in [5, 5.41) is 39.4. The number of rotatable bonds is 13. The zero-order chi connectivity index (χ0) is 46.6. The van der Waals surface area contributed by atoms with Crippen molar-refractivity contribution in [1.29, 1.82) is 10.5 Å². The van der Waals surface area contributed by atoms with Gasteiger partial charge in [-0.2, -0.15) is 10.5 Å². The number of nitrogen functional groups attached to an aromatic ring is 2. The number of hydrogen-bond donors (Lipinski definition) is 3. The van der Waals surface area contributed by atoms with Crippen molar-refractivity contribution in [2.24, 2.45) is 0 Å². The maximum absolute atomic E-state index is 9.92. The Morgan fingerprint density at radius 1 is 0.706 bits per heavy atom.